The van der Waals surface area contributed by atoms with Crippen LogP contribution in [-0.4, -0.2) is 31.1 Å². The van der Waals surface area contributed by atoms with E-state index in [0.29, 0.717) is 12.2 Å². The van der Waals surface area contributed by atoms with Crippen LogP contribution in [0.15, 0.2) is 30.3 Å². The maximum absolute atomic E-state index is 11.8. The van der Waals surface area contributed by atoms with Crippen molar-refractivity contribution in [2.75, 3.05) is 13.7 Å². The fourth-order valence-electron chi connectivity index (χ4n) is 1.70. The molecule has 0 heterocycles. The van der Waals surface area contributed by atoms with Crippen LogP contribution < -0.4 is 11.1 Å². The number of nitrogens with two attached hydrogens (primary N) is 1. The van der Waals surface area contributed by atoms with Gasteiger partial charge in [0.2, 0.25) is 11.8 Å². The van der Waals surface area contributed by atoms with Crippen LogP contribution >= 0.6 is 0 Å². The molecule has 0 aromatic heterocycles. The molecule has 20 heavy (non-hydrogen) atoms. The van der Waals surface area contributed by atoms with E-state index in [1.54, 1.807) is 37.5 Å². The van der Waals surface area contributed by atoms with Crippen molar-refractivity contribution in [2.24, 2.45) is 5.73 Å². The summed E-state index contributed by atoms with van der Waals surface area (Å²) in [7, 11) is 1.59. The molecule has 2 amide bonds. The van der Waals surface area contributed by atoms with Crippen molar-refractivity contribution in [3.05, 3.63) is 41.5 Å². The Labute approximate surface area is 118 Å². The lowest BCUT2D eigenvalue weighted by atomic mass is 10.1. The third-order valence-electron chi connectivity index (χ3n) is 2.59. The minimum atomic E-state index is -0.473. The van der Waals surface area contributed by atoms with Crippen LogP contribution in [-0.2, 0) is 9.53 Å². The van der Waals surface area contributed by atoms with Crippen molar-refractivity contribution in [3.63, 3.8) is 0 Å². The largest absolute Gasteiger partial charge is 0.382 e. The number of carbonyl (C=O) groups excluding carboxylic acids is 2. The summed E-state index contributed by atoms with van der Waals surface area (Å²) in [5.41, 5.74) is 5.98. The van der Waals surface area contributed by atoms with E-state index in [9.17, 15) is 9.59 Å². The highest BCUT2D eigenvalue weighted by Gasteiger charge is 2.18. The first-order valence-corrected chi connectivity index (χ1v) is 6.23. The summed E-state index contributed by atoms with van der Waals surface area (Å²) < 4.78 is 5.02. The number of hydrogen-bond acceptors (Lipinski definition) is 3. The molecular weight excluding hydrogens is 256 g/mol. The second kappa shape index (κ2) is 6.86. The zero-order valence-corrected chi connectivity index (χ0v) is 12.0. The molecule has 0 saturated carbocycles. The highest BCUT2D eigenvalue weighted by molar-refractivity contribution is 5.94. The van der Waals surface area contributed by atoms with Gasteiger partial charge in [0.15, 0.2) is 0 Å². The van der Waals surface area contributed by atoms with Crippen LogP contribution in [0.25, 0.3) is 6.08 Å². The van der Waals surface area contributed by atoms with Crippen LogP contribution in [0.5, 0.6) is 0 Å². The van der Waals surface area contributed by atoms with E-state index in [1.165, 1.54) is 6.08 Å². The van der Waals surface area contributed by atoms with Gasteiger partial charge in [-0.2, -0.15) is 0 Å². The molecule has 0 aliphatic heterocycles. The van der Waals surface area contributed by atoms with Gasteiger partial charge < -0.3 is 15.8 Å². The Morgan fingerprint density at radius 3 is 2.40 bits per heavy atom. The van der Waals surface area contributed by atoms with Gasteiger partial charge in [0.1, 0.15) is 0 Å². The van der Waals surface area contributed by atoms with Crippen LogP contribution in [0, 0.1) is 0 Å². The second-order valence-electron chi connectivity index (χ2n) is 5.13. The first-order chi connectivity index (χ1) is 9.34. The lowest BCUT2D eigenvalue weighted by molar-refractivity contribution is -0.118. The minimum Gasteiger partial charge on any atom is -0.382 e. The molecule has 0 spiro atoms. The lowest BCUT2D eigenvalue weighted by Gasteiger charge is -2.24. The number of primary amides is 1. The fourth-order valence-corrected chi connectivity index (χ4v) is 1.70. The van der Waals surface area contributed by atoms with Gasteiger partial charge in [-0.25, -0.2) is 0 Å². The van der Waals surface area contributed by atoms with E-state index in [2.05, 4.69) is 5.32 Å². The summed E-state index contributed by atoms with van der Waals surface area (Å²) in [6, 6.07) is 6.69. The number of methoxy groups -OCH3 is 1. The second-order valence-corrected chi connectivity index (χ2v) is 5.13. The zero-order valence-electron chi connectivity index (χ0n) is 12.0. The van der Waals surface area contributed by atoms with Gasteiger partial charge in [0.05, 0.1) is 12.1 Å². The topological polar surface area (TPSA) is 81.4 Å². The van der Waals surface area contributed by atoms with Gasteiger partial charge in [0, 0.05) is 18.7 Å². The highest BCUT2D eigenvalue weighted by atomic mass is 16.5. The van der Waals surface area contributed by atoms with E-state index < -0.39 is 11.4 Å². The SMILES string of the molecule is COCC(C)(C)NC(=O)/C=C/c1ccc(C(N)=O)cc1. The van der Waals surface area contributed by atoms with Crippen molar-refractivity contribution in [1.29, 1.82) is 0 Å². The van der Waals surface area contributed by atoms with Crippen LogP contribution in [0.1, 0.15) is 29.8 Å². The number of hydrogen-bond donors (Lipinski definition) is 2. The average Bonchev–Trinajstić information content (AvgIpc) is 2.36. The molecule has 0 saturated heterocycles. The number of ether oxygens (including phenoxy) is 1. The first-order valence-electron chi connectivity index (χ1n) is 6.23. The quantitative estimate of drug-likeness (QED) is 0.769. The average molecular weight is 276 g/mol. The maximum Gasteiger partial charge on any atom is 0.248 e. The number of carbonyl (C=O) groups is 2. The van der Waals surface area contributed by atoms with Crippen LogP contribution in [0.3, 0.4) is 0 Å². The summed E-state index contributed by atoms with van der Waals surface area (Å²) in [5.74, 6) is -0.675. The van der Waals surface area contributed by atoms with E-state index >= 15 is 0 Å². The normalized spacial score (nSPS) is 11.6. The van der Waals surface area contributed by atoms with Crippen LogP contribution in [0.4, 0.5) is 0 Å². The molecule has 1 aromatic rings. The zero-order chi connectivity index (χ0) is 15.2. The van der Waals surface area contributed by atoms with Gasteiger partial charge in [-0.05, 0) is 37.6 Å². The lowest BCUT2D eigenvalue weighted by Crippen LogP contribution is -2.46. The molecule has 0 radical (unpaired) electrons. The van der Waals surface area contributed by atoms with Crippen molar-refractivity contribution in [2.45, 2.75) is 19.4 Å². The monoisotopic (exact) mass is 276 g/mol. The number of nitrogens with one attached hydrogen (secondary N) is 1. The third kappa shape index (κ3) is 5.24. The van der Waals surface area contributed by atoms with Gasteiger partial charge in [-0.3, -0.25) is 9.59 Å². The molecule has 0 unspecified atom stereocenters. The van der Waals surface area contributed by atoms with E-state index in [4.69, 9.17) is 10.5 Å². The molecule has 0 aliphatic carbocycles. The predicted molar refractivity (Wildman–Crippen MR) is 78.1 cm³/mol. The van der Waals surface area contributed by atoms with Crippen molar-refractivity contribution in [1.82, 2.24) is 5.32 Å². The predicted octanol–water partition coefficient (Wildman–Crippen LogP) is 1.34. The fraction of sp³-hybridized carbons (Fsp3) is 0.333. The Kier molecular flexibility index (Phi) is 5.46. The summed E-state index contributed by atoms with van der Waals surface area (Å²) in [6.07, 6.45) is 3.11. The Hall–Kier alpha value is -2.14. The van der Waals surface area contributed by atoms with E-state index in [-0.39, 0.29) is 5.91 Å². The van der Waals surface area contributed by atoms with Gasteiger partial charge in [0.25, 0.3) is 0 Å². The number of amides is 2. The number of benzene rings is 1. The van der Waals surface area contributed by atoms with E-state index in [1.807, 2.05) is 13.8 Å². The molecule has 0 aliphatic rings. The number of rotatable bonds is 6. The summed E-state index contributed by atoms with van der Waals surface area (Å²) in [5, 5.41) is 2.83. The first kappa shape index (κ1) is 15.9. The Morgan fingerprint density at radius 2 is 1.90 bits per heavy atom. The minimum absolute atomic E-state index is 0.203. The molecule has 0 fully saturated rings. The molecule has 0 bridgehead atoms. The molecule has 1 rings (SSSR count). The third-order valence-corrected chi connectivity index (χ3v) is 2.59. The molecular formula is C15H20N2O3. The van der Waals surface area contributed by atoms with Crippen molar-refractivity contribution in [3.8, 4) is 0 Å². The summed E-state index contributed by atoms with van der Waals surface area (Å²) >= 11 is 0. The highest BCUT2D eigenvalue weighted by Crippen LogP contribution is 2.06. The molecule has 0 atom stereocenters. The smallest absolute Gasteiger partial charge is 0.248 e. The van der Waals surface area contributed by atoms with Crippen molar-refractivity contribution >= 4 is 17.9 Å². The summed E-state index contributed by atoms with van der Waals surface area (Å²) in [4.78, 5) is 22.7. The molecule has 3 N–H and O–H groups in total. The van der Waals surface area contributed by atoms with Gasteiger partial charge >= 0.3 is 0 Å². The van der Waals surface area contributed by atoms with Gasteiger partial charge in [-0.1, -0.05) is 12.1 Å². The Morgan fingerprint density at radius 1 is 1.30 bits per heavy atom. The molecule has 5 nitrogen and oxygen atoms in total. The Balaban J connectivity index is 2.63. The standard InChI is InChI=1S/C15H20N2O3/c1-15(2,10-20-3)17-13(18)9-6-11-4-7-12(8-5-11)14(16)19/h4-9H,10H2,1-3H3,(H2,16,19)(H,17,18)/b9-6+. The van der Waals surface area contributed by atoms with E-state index in [0.717, 1.165) is 5.56 Å². The maximum atomic E-state index is 11.8. The van der Waals surface area contributed by atoms with Gasteiger partial charge in [-0.15, -0.1) is 0 Å². The van der Waals surface area contributed by atoms with Crippen molar-refractivity contribution < 1.29 is 14.3 Å². The summed E-state index contributed by atoms with van der Waals surface area (Å²) in [6.45, 7) is 4.19. The molecule has 1 aromatic carbocycles. The van der Waals surface area contributed by atoms with Crippen LogP contribution in [0.2, 0.25) is 0 Å². The molecule has 108 valence electrons. The molecule has 5 heteroatoms. The Bertz CT molecular complexity index is 504.